The van der Waals surface area contributed by atoms with Crippen molar-refractivity contribution in [3.63, 3.8) is 0 Å². The Kier molecular flexibility index (Phi) is 12.7. The van der Waals surface area contributed by atoms with Crippen molar-refractivity contribution in [2.45, 2.75) is 65.6 Å². The van der Waals surface area contributed by atoms with E-state index in [2.05, 4.69) is 0 Å². The minimum Gasteiger partial charge on any atom is -0.456 e. The van der Waals surface area contributed by atoms with Crippen molar-refractivity contribution in [2.75, 3.05) is 13.2 Å². The van der Waals surface area contributed by atoms with Crippen LogP contribution in [0.2, 0.25) is 0 Å². The Bertz CT molecular complexity index is 395. The van der Waals surface area contributed by atoms with Gasteiger partial charge in [-0.25, -0.2) is 9.59 Å². The van der Waals surface area contributed by atoms with E-state index in [1.807, 2.05) is 0 Å². The summed E-state index contributed by atoms with van der Waals surface area (Å²) in [6.07, 6.45) is 0.183. The Hall–Kier alpha value is -1.48. The van der Waals surface area contributed by atoms with E-state index in [1.165, 1.54) is 0 Å². The topological polar surface area (TPSA) is 163 Å². The van der Waals surface area contributed by atoms with Crippen LogP contribution in [0.15, 0.2) is 11.1 Å². The molecule has 0 saturated heterocycles. The second-order valence-corrected chi connectivity index (χ2v) is 6.93. The van der Waals surface area contributed by atoms with Gasteiger partial charge in [-0.2, -0.15) is 0 Å². The van der Waals surface area contributed by atoms with Gasteiger partial charge in [-0.05, 0) is 60.0 Å². The summed E-state index contributed by atoms with van der Waals surface area (Å²) >= 11 is 0. The van der Waals surface area contributed by atoms with Gasteiger partial charge in [-0.3, -0.25) is 0 Å². The fraction of sp³-hybridized carbons (Fsp3) is 0.750. The molecule has 0 amide bonds. The quantitative estimate of drug-likeness (QED) is 0.245. The molecule has 0 fully saturated rings. The molecule has 0 aromatic carbocycles. The van der Waals surface area contributed by atoms with Gasteiger partial charge in [0.05, 0.1) is 0 Å². The highest BCUT2D eigenvalue weighted by Gasteiger charge is 2.31. The van der Waals surface area contributed by atoms with Gasteiger partial charge in [0, 0.05) is 13.2 Å². The average Bonchev–Trinajstić information content (AvgIpc) is 2.24. The summed E-state index contributed by atoms with van der Waals surface area (Å²) in [5, 5.41) is 18.2. The molecular weight excluding hydrogens is 316 g/mol. The van der Waals surface area contributed by atoms with E-state index in [4.69, 9.17) is 19.7 Å². The molecule has 24 heavy (non-hydrogen) atoms. The predicted molar refractivity (Wildman–Crippen MR) is 92.2 cm³/mol. The van der Waals surface area contributed by atoms with Crippen LogP contribution in [0.5, 0.6) is 0 Å². The molecule has 0 bridgehead atoms. The Balaban J connectivity index is -0.00000220. The van der Waals surface area contributed by atoms with Gasteiger partial charge >= 0.3 is 11.9 Å². The van der Waals surface area contributed by atoms with Gasteiger partial charge in [0.15, 0.2) is 0 Å². The smallest absolute Gasteiger partial charge is 0.346 e. The molecule has 0 rings (SSSR count). The van der Waals surface area contributed by atoms with Gasteiger partial charge in [0.2, 0.25) is 0 Å². The van der Waals surface area contributed by atoms with Crippen molar-refractivity contribution in [1.29, 1.82) is 0 Å². The number of aliphatic hydroxyl groups is 2. The molecule has 0 saturated carbocycles. The zero-order valence-electron chi connectivity index (χ0n) is 15.8. The molecule has 0 aromatic rings. The monoisotopic (exact) mass is 350 g/mol. The van der Waals surface area contributed by atoms with Crippen molar-refractivity contribution in [2.24, 2.45) is 0 Å². The third kappa shape index (κ3) is 11.1. The zero-order chi connectivity index (χ0) is 17.6. The highest BCUT2D eigenvalue weighted by Crippen LogP contribution is 2.21. The average molecular weight is 350 g/mol. The Labute approximate surface area is 144 Å². The maximum Gasteiger partial charge on any atom is 0.346 e. The Morgan fingerprint density at radius 2 is 1.04 bits per heavy atom. The van der Waals surface area contributed by atoms with Crippen molar-refractivity contribution in [3.05, 3.63) is 11.1 Å². The van der Waals surface area contributed by atoms with Gasteiger partial charge in [0.1, 0.15) is 16.8 Å². The number of rotatable bonds is 6. The van der Waals surface area contributed by atoms with Gasteiger partial charge in [-0.1, -0.05) is 0 Å². The normalized spacial score (nSPS) is 10.8. The highest BCUT2D eigenvalue weighted by molar-refractivity contribution is 6.15. The molecule has 8 heteroatoms. The first-order chi connectivity index (χ1) is 9.91. The summed E-state index contributed by atoms with van der Waals surface area (Å²) in [7, 11) is 0. The van der Waals surface area contributed by atoms with Crippen molar-refractivity contribution < 1.29 is 29.3 Å². The summed E-state index contributed by atoms with van der Waals surface area (Å²) in [4.78, 5) is 24.7. The fourth-order valence-corrected chi connectivity index (χ4v) is 1.68. The lowest BCUT2D eigenvalue weighted by molar-refractivity contribution is -0.158. The van der Waals surface area contributed by atoms with Gasteiger partial charge in [0.25, 0.3) is 0 Å². The summed E-state index contributed by atoms with van der Waals surface area (Å²) in [6.45, 7) is 9.65. The number of esters is 2. The third-order valence-electron chi connectivity index (χ3n) is 2.39. The largest absolute Gasteiger partial charge is 0.456 e. The van der Waals surface area contributed by atoms with Crippen LogP contribution in [0.4, 0.5) is 0 Å². The van der Waals surface area contributed by atoms with E-state index < -0.39 is 23.1 Å². The van der Waals surface area contributed by atoms with Crippen LogP contribution in [-0.4, -0.2) is 46.6 Å². The molecule has 0 aliphatic carbocycles. The summed E-state index contributed by atoms with van der Waals surface area (Å²) < 4.78 is 10.5. The molecule has 0 atom stereocenters. The van der Waals surface area contributed by atoms with E-state index in [0.29, 0.717) is 5.57 Å². The van der Waals surface area contributed by atoms with Crippen LogP contribution in [-0.2, 0) is 19.1 Å². The zero-order valence-corrected chi connectivity index (χ0v) is 15.8. The molecule has 8 N–H and O–H groups in total. The van der Waals surface area contributed by atoms with Crippen LogP contribution in [0.1, 0.15) is 54.4 Å². The minimum absolute atomic E-state index is 0. The van der Waals surface area contributed by atoms with E-state index in [9.17, 15) is 9.59 Å². The lowest BCUT2D eigenvalue weighted by Gasteiger charge is -2.24. The predicted octanol–water partition coefficient (Wildman–Crippen LogP) is 2.06. The van der Waals surface area contributed by atoms with E-state index in [-0.39, 0.29) is 43.9 Å². The first-order valence-corrected chi connectivity index (χ1v) is 7.31. The molecule has 0 spiro atoms. The van der Waals surface area contributed by atoms with Crippen LogP contribution in [0.25, 0.3) is 0 Å². The molecule has 0 unspecified atom stereocenters. The molecule has 144 valence electrons. The lowest BCUT2D eigenvalue weighted by atomic mass is 10.0. The maximum absolute atomic E-state index is 12.3. The van der Waals surface area contributed by atoms with Crippen molar-refractivity contribution in [1.82, 2.24) is 12.3 Å². The number of hydrogen-bond acceptors (Lipinski definition) is 8. The SMILES string of the molecule is CC(C)(C)OC(=O)C(C(=O)OC(C)(C)C)=C(CCO)CCO.N.N. The molecular formula is C16H34N2O6. The molecule has 0 aromatic heterocycles. The van der Waals surface area contributed by atoms with E-state index in [1.54, 1.807) is 41.5 Å². The van der Waals surface area contributed by atoms with Crippen LogP contribution < -0.4 is 12.3 Å². The van der Waals surface area contributed by atoms with Gasteiger partial charge in [-0.15, -0.1) is 0 Å². The van der Waals surface area contributed by atoms with E-state index >= 15 is 0 Å². The molecule has 8 nitrogen and oxygen atoms in total. The number of carbonyl (C=O) groups excluding carboxylic acids is 2. The summed E-state index contributed by atoms with van der Waals surface area (Å²) in [6, 6.07) is 0. The molecule has 0 aliphatic heterocycles. The van der Waals surface area contributed by atoms with E-state index in [0.717, 1.165) is 0 Å². The first kappa shape index (κ1) is 27.4. The number of carbonyl (C=O) groups is 2. The minimum atomic E-state index is -0.807. The number of aliphatic hydroxyl groups excluding tert-OH is 2. The van der Waals surface area contributed by atoms with Crippen molar-refractivity contribution in [3.8, 4) is 0 Å². The van der Waals surface area contributed by atoms with Crippen molar-refractivity contribution >= 4 is 11.9 Å². The second-order valence-electron chi connectivity index (χ2n) is 6.93. The lowest BCUT2D eigenvalue weighted by Crippen LogP contribution is -2.32. The third-order valence-corrected chi connectivity index (χ3v) is 2.39. The Morgan fingerprint density at radius 1 is 0.750 bits per heavy atom. The second kappa shape index (κ2) is 11.1. The van der Waals surface area contributed by atoms with Crippen LogP contribution >= 0.6 is 0 Å². The standard InChI is InChI=1S/C16H28O6.2H3N/c1-15(2,3)21-13(19)12(11(7-9-17)8-10-18)14(20)22-16(4,5)6;;/h17-18H,7-10H2,1-6H3;2*1H3. The molecule has 0 heterocycles. The summed E-state index contributed by atoms with van der Waals surface area (Å²) in [5.74, 6) is -1.61. The van der Waals surface area contributed by atoms with Crippen LogP contribution in [0, 0.1) is 0 Å². The maximum atomic E-state index is 12.3. The molecule has 0 aliphatic rings. The number of ether oxygens (including phenoxy) is 2. The highest BCUT2D eigenvalue weighted by atomic mass is 16.6. The Morgan fingerprint density at radius 3 is 1.25 bits per heavy atom. The molecule has 0 radical (unpaired) electrons. The number of hydrogen-bond donors (Lipinski definition) is 4. The summed E-state index contributed by atoms with van der Waals surface area (Å²) in [5.41, 5.74) is -1.46. The van der Waals surface area contributed by atoms with Crippen LogP contribution in [0.3, 0.4) is 0 Å². The fourth-order valence-electron chi connectivity index (χ4n) is 1.68. The van der Waals surface area contributed by atoms with Gasteiger partial charge < -0.3 is 32.0 Å². The first-order valence-electron chi connectivity index (χ1n) is 7.31.